The Morgan fingerprint density at radius 2 is 2.21 bits per heavy atom. The van der Waals surface area contributed by atoms with Gasteiger partial charge in [0.25, 0.3) is 0 Å². The van der Waals surface area contributed by atoms with Crippen LogP contribution in [0.4, 0.5) is 5.69 Å². The van der Waals surface area contributed by atoms with Crippen LogP contribution in [0.3, 0.4) is 0 Å². The van der Waals surface area contributed by atoms with Crippen molar-refractivity contribution < 1.29 is 9.90 Å². The second-order valence-corrected chi connectivity index (χ2v) is 5.17. The number of benzene rings is 1. The molecule has 1 aliphatic rings. The summed E-state index contributed by atoms with van der Waals surface area (Å²) in [6.07, 6.45) is 3.30. The third-order valence-corrected chi connectivity index (χ3v) is 3.98. The lowest BCUT2D eigenvalue weighted by molar-refractivity contribution is -0.144. The first kappa shape index (κ1) is 12.2. The van der Waals surface area contributed by atoms with Crippen LogP contribution in [0.15, 0.2) is 30.5 Å². The van der Waals surface area contributed by atoms with E-state index in [1.165, 1.54) is 0 Å². The molecular formula is C14H13ClN2O2. The molecule has 1 heterocycles. The molecule has 0 aliphatic heterocycles. The SMILES string of the molecule is O=C(O)C1CCC1Nc1ccc(Cl)c2cccnc12. The molecule has 0 spiro atoms. The molecular weight excluding hydrogens is 264 g/mol. The fourth-order valence-corrected chi connectivity index (χ4v) is 2.64. The lowest BCUT2D eigenvalue weighted by Crippen LogP contribution is -2.43. The molecule has 1 saturated carbocycles. The number of fused-ring (bicyclic) bond motifs is 1. The van der Waals surface area contributed by atoms with Crippen LogP contribution < -0.4 is 5.32 Å². The van der Waals surface area contributed by atoms with Crippen LogP contribution >= 0.6 is 11.6 Å². The molecule has 1 aliphatic carbocycles. The van der Waals surface area contributed by atoms with E-state index in [1.54, 1.807) is 6.20 Å². The number of carboxylic acid groups (broad SMARTS) is 1. The summed E-state index contributed by atoms with van der Waals surface area (Å²) in [5.74, 6) is -1.05. The first-order valence-electron chi connectivity index (χ1n) is 6.19. The molecule has 1 fully saturated rings. The number of rotatable bonds is 3. The van der Waals surface area contributed by atoms with Crippen molar-refractivity contribution >= 4 is 34.2 Å². The molecule has 1 aromatic heterocycles. The van der Waals surface area contributed by atoms with Gasteiger partial charge in [-0.3, -0.25) is 9.78 Å². The minimum absolute atomic E-state index is 0.0242. The van der Waals surface area contributed by atoms with Crippen LogP contribution in [0, 0.1) is 5.92 Å². The fourth-order valence-electron chi connectivity index (χ4n) is 2.42. The quantitative estimate of drug-likeness (QED) is 0.904. The van der Waals surface area contributed by atoms with Gasteiger partial charge in [0.15, 0.2) is 0 Å². The minimum Gasteiger partial charge on any atom is -0.481 e. The third-order valence-electron chi connectivity index (χ3n) is 3.65. The lowest BCUT2D eigenvalue weighted by atomic mass is 9.79. The van der Waals surface area contributed by atoms with Crippen LogP contribution in [0.25, 0.3) is 10.9 Å². The monoisotopic (exact) mass is 276 g/mol. The van der Waals surface area contributed by atoms with Crippen molar-refractivity contribution in [3.05, 3.63) is 35.5 Å². The molecule has 1 aromatic carbocycles. The summed E-state index contributed by atoms with van der Waals surface area (Å²) in [4.78, 5) is 15.4. The van der Waals surface area contributed by atoms with Crippen molar-refractivity contribution in [3.63, 3.8) is 0 Å². The summed E-state index contributed by atoms with van der Waals surface area (Å²) >= 11 is 6.13. The molecule has 98 valence electrons. The number of hydrogen-bond donors (Lipinski definition) is 2. The number of aliphatic carboxylic acids is 1. The van der Waals surface area contributed by atoms with Crippen LogP contribution in [0.1, 0.15) is 12.8 Å². The van der Waals surface area contributed by atoms with Crippen LogP contribution in [-0.4, -0.2) is 22.1 Å². The number of carboxylic acids is 1. The van der Waals surface area contributed by atoms with E-state index in [0.717, 1.165) is 29.4 Å². The Kier molecular flexibility index (Phi) is 3.03. The zero-order chi connectivity index (χ0) is 13.4. The average molecular weight is 277 g/mol. The van der Waals surface area contributed by atoms with Crippen LogP contribution in [0.2, 0.25) is 5.02 Å². The number of pyridine rings is 1. The number of nitrogens with zero attached hydrogens (tertiary/aromatic N) is 1. The predicted molar refractivity (Wildman–Crippen MR) is 74.5 cm³/mol. The fraction of sp³-hybridized carbons (Fsp3) is 0.286. The first-order valence-corrected chi connectivity index (χ1v) is 6.57. The third kappa shape index (κ3) is 2.12. The molecule has 0 bridgehead atoms. The molecule has 3 rings (SSSR count). The average Bonchev–Trinajstić information content (AvgIpc) is 2.36. The predicted octanol–water partition coefficient (Wildman–Crippen LogP) is 3.16. The highest BCUT2D eigenvalue weighted by atomic mass is 35.5. The Labute approximate surface area is 115 Å². The van der Waals surface area contributed by atoms with Gasteiger partial charge in [-0.1, -0.05) is 11.6 Å². The summed E-state index contributed by atoms with van der Waals surface area (Å²) < 4.78 is 0. The molecule has 2 unspecified atom stereocenters. The maximum atomic E-state index is 11.0. The van der Waals surface area contributed by atoms with Crippen LogP contribution in [-0.2, 0) is 4.79 Å². The van der Waals surface area contributed by atoms with E-state index < -0.39 is 5.97 Å². The smallest absolute Gasteiger partial charge is 0.308 e. The summed E-state index contributed by atoms with van der Waals surface area (Å²) in [6.45, 7) is 0. The highest BCUT2D eigenvalue weighted by molar-refractivity contribution is 6.35. The van der Waals surface area contributed by atoms with Gasteiger partial charge in [-0.2, -0.15) is 0 Å². The standard InChI is InChI=1S/C14H13ClN2O2/c15-10-4-6-12(13-8(10)2-1-7-16-13)17-11-5-3-9(11)14(18)19/h1-2,4,6-7,9,11,17H,3,5H2,(H,18,19). The summed E-state index contributed by atoms with van der Waals surface area (Å²) in [7, 11) is 0. The molecule has 2 N–H and O–H groups in total. The van der Waals surface area contributed by atoms with E-state index in [4.69, 9.17) is 16.7 Å². The lowest BCUT2D eigenvalue weighted by Gasteiger charge is -2.34. The Bertz CT molecular complexity index is 644. The van der Waals surface area contributed by atoms with Gasteiger partial charge in [0.05, 0.1) is 22.1 Å². The first-order chi connectivity index (χ1) is 9.16. The van der Waals surface area contributed by atoms with E-state index in [2.05, 4.69) is 10.3 Å². The molecule has 0 amide bonds. The maximum absolute atomic E-state index is 11.0. The van der Waals surface area contributed by atoms with Gasteiger partial charge < -0.3 is 10.4 Å². The van der Waals surface area contributed by atoms with Crippen molar-refractivity contribution in [3.8, 4) is 0 Å². The van der Waals surface area contributed by atoms with Gasteiger partial charge in [-0.15, -0.1) is 0 Å². The topological polar surface area (TPSA) is 62.2 Å². The van der Waals surface area contributed by atoms with Crippen molar-refractivity contribution in [1.29, 1.82) is 0 Å². The van der Waals surface area contributed by atoms with E-state index in [-0.39, 0.29) is 12.0 Å². The van der Waals surface area contributed by atoms with Gasteiger partial charge >= 0.3 is 5.97 Å². The summed E-state index contributed by atoms with van der Waals surface area (Å²) in [6, 6.07) is 7.38. The van der Waals surface area contributed by atoms with Crippen LogP contribution in [0.5, 0.6) is 0 Å². The maximum Gasteiger partial charge on any atom is 0.308 e. The van der Waals surface area contributed by atoms with Gasteiger partial charge in [0.2, 0.25) is 0 Å². The Balaban J connectivity index is 1.94. The highest BCUT2D eigenvalue weighted by Gasteiger charge is 2.36. The molecule has 5 heteroatoms. The van der Waals surface area contributed by atoms with Crippen molar-refractivity contribution in [2.75, 3.05) is 5.32 Å². The van der Waals surface area contributed by atoms with E-state index in [0.29, 0.717) is 5.02 Å². The number of anilines is 1. The van der Waals surface area contributed by atoms with E-state index >= 15 is 0 Å². The second kappa shape index (κ2) is 4.70. The second-order valence-electron chi connectivity index (χ2n) is 4.77. The number of carbonyl (C=O) groups is 1. The highest BCUT2D eigenvalue weighted by Crippen LogP contribution is 2.34. The molecule has 2 atom stereocenters. The van der Waals surface area contributed by atoms with Gasteiger partial charge in [0, 0.05) is 17.6 Å². The van der Waals surface area contributed by atoms with Crippen molar-refractivity contribution in [2.24, 2.45) is 5.92 Å². The van der Waals surface area contributed by atoms with Crippen molar-refractivity contribution in [1.82, 2.24) is 4.98 Å². The number of aromatic nitrogens is 1. The molecule has 4 nitrogen and oxygen atoms in total. The molecule has 0 radical (unpaired) electrons. The van der Waals surface area contributed by atoms with Gasteiger partial charge in [-0.05, 0) is 37.1 Å². The minimum atomic E-state index is -0.741. The number of halogens is 1. The summed E-state index contributed by atoms with van der Waals surface area (Å²) in [5, 5.41) is 13.9. The van der Waals surface area contributed by atoms with E-state index in [1.807, 2.05) is 24.3 Å². The molecule has 0 saturated heterocycles. The molecule has 2 aromatic rings. The largest absolute Gasteiger partial charge is 0.481 e. The zero-order valence-corrected chi connectivity index (χ0v) is 10.9. The van der Waals surface area contributed by atoms with Gasteiger partial charge in [-0.25, -0.2) is 0 Å². The number of hydrogen-bond acceptors (Lipinski definition) is 3. The zero-order valence-electron chi connectivity index (χ0n) is 10.1. The number of nitrogens with one attached hydrogen (secondary N) is 1. The Hall–Kier alpha value is -1.81. The van der Waals surface area contributed by atoms with Gasteiger partial charge in [0.1, 0.15) is 0 Å². The summed E-state index contributed by atoms with van der Waals surface area (Å²) in [5.41, 5.74) is 1.63. The Morgan fingerprint density at radius 1 is 1.37 bits per heavy atom. The van der Waals surface area contributed by atoms with Crippen molar-refractivity contribution in [2.45, 2.75) is 18.9 Å². The Morgan fingerprint density at radius 3 is 2.89 bits per heavy atom. The normalized spacial score (nSPS) is 21.9. The van der Waals surface area contributed by atoms with E-state index in [9.17, 15) is 4.79 Å². The molecule has 19 heavy (non-hydrogen) atoms.